The molecule has 0 N–H and O–H groups in total. The fourth-order valence-electron chi connectivity index (χ4n) is 3.62. The molecule has 1 aliphatic heterocycles. The maximum atomic E-state index is 14.3. The first kappa shape index (κ1) is 15.2. The van der Waals surface area contributed by atoms with Crippen LogP contribution in [0.3, 0.4) is 0 Å². The van der Waals surface area contributed by atoms with E-state index < -0.39 is 0 Å². The monoisotopic (exact) mass is 297 g/mol. The molecule has 22 heavy (non-hydrogen) atoms. The number of halogens is 1. The summed E-state index contributed by atoms with van der Waals surface area (Å²) in [4.78, 5) is 2.48. The van der Waals surface area contributed by atoms with E-state index >= 15 is 0 Å². The van der Waals surface area contributed by atoms with Crippen molar-refractivity contribution < 1.29 is 4.39 Å². The summed E-state index contributed by atoms with van der Waals surface area (Å²) < 4.78 is 14.3. The van der Waals surface area contributed by atoms with Gasteiger partial charge in [-0.05, 0) is 44.7 Å². The van der Waals surface area contributed by atoms with Crippen molar-refractivity contribution in [2.24, 2.45) is 0 Å². The third-order valence-corrected chi connectivity index (χ3v) is 4.88. The van der Waals surface area contributed by atoms with Gasteiger partial charge in [0.15, 0.2) is 0 Å². The smallest absolute Gasteiger partial charge is 0.127 e. The molecule has 116 valence electrons. The van der Waals surface area contributed by atoms with Gasteiger partial charge in [-0.15, -0.1) is 0 Å². The highest BCUT2D eigenvalue weighted by molar-refractivity contribution is 5.24. The van der Waals surface area contributed by atoms with Gasteiger partial charge in [-0.2, -0.15) is 0 Å². The van der Waals surface area contributed by atoms with E-state index in [1.54, 1.807) is 12.1 Å². The summed E-state index contributed by atoms with van der Waals surface area (Å²) in [5.74, 6) is -0.0803. The Bertz CT molecular complexity index is 621. The van der Waals surface area contributed by atoms with E-state index in [2.05, 4.69) is 43.0 Å². The molecule has 1 atom stereocenters. The van der Waals surface area contributed by atoms with Gasteiger partial charge < -0.3 is 0 Å². The number of hydrogen-bond donors (Lipinski definition) is 0. The molecule has 0 aliphatic carbocycles. The summed E-state index contributed by atoms with van der Waals surface area (Å²) in [5.41, 5.74) is 2.21. The summed E-state index contributed by atoms with van der Waals surface area (Å²) in [6.45, 7) is 5.43. The minimum atomic E-state index is -0.0803. The average Bonchev–Trinajstić information content (AvgIpc) is 2.51. The first-order chi connectivity index (χ1) is 10.6. The molecule has 0 saturated carbocycles. The highest BCUT2D eigenvalue weighted by atomic mass is 19.1. The second-order valence-electron chi connectivity index (χ2n) is 6.86. The lowest BCUT2D eigenvalue weighted by Gasteiger charge is -2.48. The van der Waals surface area contributed by atoms with Crippen LogP contribution in [0, 0.1) is 5.82 Å². The topological polar surface area (TPSA) is 3.24 Å². The minimum absolute atomic E-state index is 0.0803. The molecule has 0 amide bonds. The lowest BCUT2D eigenvalue weighted by molar-refractivity contribution is 0.0130. The first-order valence-electron chi connectivity index (χ1n) is 8.13. The van der Waals surface area contributed by atoms with Crippen molar-refractivity contribution in [2.45, 2.75) is 51.2 Å². The molecule has 1 fully saturated rings. The van der Waals surface area contributed by atoms with Gasteiger partial charge in [0.05, 0.1) is 0 Å². The Labute approximate surface area is 132 Å². The lowest BCUT2D eigenvalue weighted by atomic mass is 9.83. The van der Waals surface area contributed by atoms with Crippen molar-refractivity contribution in [3.05, 3.63) is 71.5 Å². The second kappa shape index (κ2) is 6.21. The number of rotatable bonds is 3. The van der Waals surface area contributed by atoms with Crippen LogP contribution in [0.5, 0.6) is 0 Å². The zero-order valence-corrected chi connectivity index (χ0v) is 13.4. The molecule has 2 aromatic rings. The van der Waals surface area contributed by atoms with Crippen molar-refractivity contribution in [1.82, 2.24) is 4.90 Å². The summed E-state index contributed by atoms with van der Waals surface area (Å²) in [5, 5.41) is 0. The van der Waals surface area contributed by atoms with Crippen LogP contribution < -0.4 is 0 Å². The Balaban J connectivity index is 1.94. The number of likely N-dealkylation sites (tertiary alicyclic amines) is 1. The normalized spacial score (nSPS) is 21.7. The SMILES string of the molecule is CC1(C)CCC[C@H](c2ccccc2F)N1Cc1ccccc1. The van der Waals surface area contributed by atoms with Crippen LogP contribution in [0.1, 0.15) is 50.3 Å². The predicted octanol–water partition coefficient (Wildman–Crippen LogP) is 5.33. The number of benzene rings is 2. The molecule has 2 aromatic carbocycles. The largest absolute Gasteiger partial charge is 0.287 e. The second-order valence-corrected chi connectivity index (χ2v) is 6.86. The molecule has 3 rings (SSSR count). The molecule has 0 unspecified atom stereocenters. The van der Waals surface area contributed by atoms with Crippen molar-refractivity contribution in [3.8, 4) is 0 Å². The molecule has 1 aliphatic rings. The van der Waals surface area contributed by atoms with Gasteiger partial charge in [0.2, 0.25) is 0 Å². The van der Waals surface area contributed by atoms with E-state index in [-0.39, 0.29) is 17.4 Å². The Morgan fingerprint density at radius 3 is 2.45 bits per heavy atom. The molecule has 0 spiro atoms. The van der Waals surface area contributed by atoms with Gasteiger partial charge in [0, 0.05) is 23.7 Å². The van der Waals surface area contributed by atoms with E-state index in [1.165, 1.54) is 5.56 Å². The van der Waals surface area contributed by atoms with Gasteiger partial charge in [0.1, 0.15) is 5.82 Å². The van der Waals surface area contributed by atoms with Gasteiger partial charge in [-0.1, -0.05) is 48.5 Å². The molecule has 1 nitrogen and oxygen atoms in total. The van der Waals surface area contributed by atoms with E-state index in [0.717, 1.165) is 31.4 Å². The zero-order chi connectivity index (χ0) is 15.6. The molecular weight excluding hydrogens is 273 g/mol. The predicted molar refractivity (Wildman–Crippen MR) is 89.1 cm³/mol. The zero-order valence-electron chi connectivity index (χ0n) is 13.4. The van der Waals surface area contributed by atoms with Crippen molar-refractivity contribution in [3.63, 3.8) is 0 Å². The van der Waals surface area contributed by atoms with Gasteiger partial charge in [-0.25, -0.2) is 4.39 Å². The average molecular weight is 297 g/mol. The Kier molecular flexibility index (Phi) is 4.30. The van der Waals surface area contributed by atoms with Gasteiger partial charge >= 0.3 is 0 Å². The van der Waals surface area contributed by atoms with E-state index in [4.69, 9.17) is 0 Å². The van der Waals surface area contributed by atoms with Crippen LogP contribution in [0.15, 0.2) is 54.6 Å². The van der Waals surface area contributed by atoms with Crippen molar-refractivity contribution >= 4 is 0 Å². The number of hydrogen-bond acceptors (Lipinski definition) is 1. The lowest BCUT2D eigenvalue weighted by Crippen LogP contribution is -2.48. The van der Waals surface area contributed by atoms with Crippen LogP contribution in [0.4, 0.5) is 4.39 Å². The Morgan fingerprint density at radius 1 is 1.05 bits per heavy atom. The van der Waals surface area contributed by atoms with E-state index in [0.29, 0.717) is 0 Å². The van der Waals surface area contributed by atoms with Crippen LogP contribution >= 0.6 is 0 Å². The number of piperidine rings is 1. The maximum Gasteiger partial charge on any atom is 0.127 e. The highest BCUT2D eigenvalue weighted by Gasteiger charge is 2.37. The highest BCUT2D eigenvalue weighted by Crippen LogP contribution is 2.41. The summed E-state index contributed by atoms with van der Waals surface area (Å²) in [7, 11) is 0. The maximum absolute atomic E-state index is 14.3. The summed E-state index contributed by atoms with van der Waals surface area (Å²) >= 11 is 0. The molecule has 0 bridgehead atoms. The fraction of sp³-hybridized carbons (Fsp3) is 0.400. The Morgan fingerprint density at radius 2 is 1.73 bits per heavy atom. The quantitative estimate of drug-likeness (QED) is 0.740. The third kappa shape index (κ3) is 3.07. The van der Waals surface area contributed by atoms with Gasteiger partial charge in [0.25, 0.3) is 0 Å². The van der Waals surface area contributed by atoms with Gasteiger partial charge in [-0.3, -0.25) is 4.90 Å². The first-order valence-corrected chi connectivity index (χ1v) is 8.13. The minimum Gasteiger partial charge on any atom is -0.287 e. The molecule has 1 saturated heterocycles. The standard InChI is InChI=1S/C20H24FN/c1-20(2)14-8-13-19(17-11-6-7-12-18(17)21)22(20)15-16-9-4-3-5-10-16/h3-7,9-12,19H,8,13-15H2,1-2H3/t19-/m1/s1. The number of nitrogens with zero attached hydrogens (tertiary/aromatic N) is 1. The van der Waals surface area contributed by atoms with Crippen LogP contribution in [0.2, 0.25) is 0 Å². The molecule has 2 heteroatoms. The van der Waals surface area contributed by atoms with Crippen molar-refractivity contribution in [2.75, 3.05) is 0 Å². The molecule has 1 heterocycles. The molecular formula is C20H24FN. The fourth-order valence-corrected chi connectivity index (χ4v) is 3.62. The third-order valence-electron chi connectivity index (χ3n) is 4.88. The molecule has 0 aromatic heterocycles. The van der Waals surface area contributed by atoms with Crippen molar-refractivity contribution in [1.29, 1.82) is 0 Å². The Hall–Kier alpha value is -1.67. The summed E-state index contributed by atoms with van der Waals surface area (Å²) in [6, 6.07) is 17.9. The van der Waals surface area contributed by atoms with E-state index in [9.17, 15) is 4.39 Å². The molecule has 0 radical (unpaired) electrons. The van der Waals surface area contributed by atoms with E-state index in [1.807, 2.05) is 18.2 Å². The van der Waals surface area contributed by atoms with Crippen LogP contribution in [-0.4, -0.2) is 10.4 Å². The van der Waals surface area contributed by atoms with Crippen LogP contribution in [-0.2, 0) is 6.54 Å². The van der Waals surface area contributed by atoms with Crippen LogP contribution in [0.25, 0.3) is 0 Å². The summed E-state index contributed by atoms with van der Waals surface area (Å²) in [6.07, 6.45) is 3.33.